The fourth-order valence-electron chi connectivity index (χ4n) is 2.02. The van der Waals surface area contributed by atoms with Gasteiger partial charge in [-0.15, -0.1) is 0 Å². The molecule has 132 valence electrons. The minimum Gasteiger partial charge on any atom is -0.483 e. The SMILES string of the molecule is Cc1ccc(OCC(=O)NNC(=O)COc2ccccc2Cl)c(C)c1. The van der Waals surface area contributed by atoms with Crippen LogP contribution < -0.4 is 20.3 Å². The van der Waals surface area contributed by atoms with Gasteiger partial charge in [0, 0.05) is 0 Å². The minimum absolute atomic E-state index is 0.213. The molecule has 0 spiro atoms. The Balaban J connectivity index is 1.70. The Kier molecular flexibility index (Phi) is 6.65. The smallest absolute Gasteiger partial charge is 0.276 e. The topological polar surface area (TPSA) is 76.7 Å². The van der Waals surface area contributed by atoms with Crippen molar-refractivity contribution in [2.75, 3.05) is 13.2 Å². The molecule has 0 unspecified atom stereocenters. The van der Waals surface area contributed by atoms with Gasteiger partial charge >= 0.3 is 0 Å². The summed E-state index contributed by atoms with van der Waals surface area (Å²) >= 11 is 5.91. The van der Waals surface area contributed by atoms with Crippen molar-refractivity contribution in [1.29, 1.82) is 0 Å². The molecule has 6 nitrogen and oxygen atoms in total. The van der Waals surface area contributed by atoms with Crippen molar-refractivity contribution in [1.82, 2.24) is 10.9 Å². The zero-order valence-corrected chi connectivity index (χ0v) is 14.7. The number of nitrogens with one attached hydrogen (secondary N) is 2. The highest BCUT2D eigenvalue weighted by molar-refractivity contribution is 6.32. The molecule has 0 fully saturated rings. The average molecular weight is 363 g/mol. The second-order valence-electron chi connectivity index (χ2n) is 5.37. The fourth-order valence-corrected chi connectivity index (χ4v) is 2.21. The lowest BCUT2D eigenvalue weighted by Crippen LogP contribution is -2.45. The van der Waals surface area contributed by atoms with E-state index in [-0.39, 0.29) is 13.2 Å². The number of hydrazine groups is 1. The molecule has 0 aliphatic rings. The van der Waals surface area contributed by atoms with Crippen LogP contribution in [0.15, 0.2) is 42.5 Å². The van der Waals surface area contributed by atoms with Crippen LogP contribution in [-0.4, -0.2) is 25.0 Å². The Morgan fingerprint density at radius 3 is 2.12 bits per heavy atom. The van der Waals surface area contributed by atoms with E-state index in [2.05, 4.69) is 10.9 Å². The molecule has 0 aliphatic carbocycles. The molecule has 0 radical (unpaired) electrons. The van der Waals surface area contributed by atoms with Gasteiger partial charge in [-0.2, -0.15) is 0 Å². The van der Waals surface area contributed by atoms with Crippen LogP contribution in [0, 0.1) is 13.8 Å². The highest BCUT2D eigenvalue weighted by atomic mass is 35.5. The molecule has 0 saturated carbocycles. The van der Waals surface area contributed by atoms with Gasteiger partial charge in [0.25, 0.3) is 11.8 Å². The van der Waals surface area contributed by atoms with Gasteiger partial charge < -0.3 is 9.47 Å². The quantitative estimate of drug-likeness (QED) is 0.774. The van der Waals surface area contributed by atoms with Gasteiger partial charge in [0.05, 0.1) is 5.02 Å². The molecule has 0 atom stereocenters. The van der Waals surface area contributed by atoms with Gasteiger partial charge in [-0.1, -0.05) is 41.4 Å². The van der Waals surface area contributed by atoms with Crippen molar-refractivity contribution in [3.63, 3.8) is 0 Å². The van der Waals surface area contributed by atoms with Gasteiger partial charge in [0.2, 0.25) is 0 Å². The van der Waals surface area contributed by atoms with E-state index in [1.807, 2.05) is 26.0 Å². The third-order valence-corrected chi connectivity index (χ3v) is 3.54. The van der Waals surface area contributed by atoms with Crippen LogP contribution in [0.4, 0.5) is 0 Å². The first kappa shape index (κ1) is 18.6. The molecule has 2 aromatic rings. The molecule has 2 rings (SSSR count). The molecule has 7 heteroatoms. The number of hydrogen-bond donors (Lipinski definition) is 2. The van der Waals surface area contributed by atoms with E-state index in [1.165, 1.54) is 0 Å². The molecule has 0 heterocycles. The van der Waals surface area contributed by atoms with E-state index < -0.39 is 11.8 Å². The lowest BCUT2D eigenvalue weighted by Gasteiger charge is -2.11. The second-order valence-corrected chi connectivity index (χ2v) is 5.78. The summed E-state index contributed by atoms with van der Waals surface area (Å²) in [4.78, 5) is 23.4. The lowest BCUT2D eigenvalue weighted by molar-refractivity contribution is -0.131. The molecule has 0 saturated heterocycles. The second kappa shape index (κ2) is 8.94. The zero-order valence-electron chi connectivity index (χ0n) is 14.0. The molecule has 25 heavy (non-hydrogen) atoms. The molecule has 0 aromatic heterocycles. The van der Waals surface area contributed by atoms with E-state index in [0.717, 1.165) is 11.1 Å². The van der Waals surface area contributed by atoms with Gasteiger partial charge in [-0.3, -0.25) is 20.4 Å². The normalized spacial score (nSPS) is 10.0. The maximum Gasteiger partial charge on any atom is 0.276 e. The predicted molar refractivity (Wildman–Crippen MR) is 94.6 cm³/mol. The summed E-state index contributed by atoms with van der Waals surface area (Å²) in [6, 6.07) is 12.5. The molecule has 2 amide bonds. The number of amides is 2. The molecule has 0 aliphatic heterocycles. The van der Waals surface area contributed by atoms with E-state index in [4.69, 9.17) is 21.1 Å². The van der Waals surface area contributed by atoms with Crippen molar-refractivity contribution < 1.29 is 19.1 Å². The average Bonchev–Trinajstić information content (AvgIpc) is 2.58. The Morgan fingerprint density at radius 2 is 1.52 bits per heavy atom. The molecule has 2 N–H and O–H groups in total. The molecular weight excluding hydrogens is 344 g/mol. The van der Waals surface area contributed by atoms with E-state index >= 15 is 0 Å². The van der Waals surface area contributed by atoms with Crippen LogP contribution in [0.2, 0.25) is 5.02 Å². The number of rotatable bonds is 6. The number of aryl methyl sites for hydroxylation is 2. The Morgan fingerprint density at radius 1 is 0.920 bits per heavy atom. The number of hydrogen-bond acceptors (Lipinski definition) is 4. The highest BCUT2D eigenvalue weighted by Crippen LogP contribution is 2.22. The van der Waals surface area contributed by atoms with Gasteiger partial charge in [-0.05, 0) is 37.6 Å². The van der Waals surface area contributed by atoms with Crippen molar-refractivity contribution >= 4 is 23.4 Å². The summed E-state index contributed by atoms with van der Waals surface area (Å²) in [6.45, 7) is 3.38. The first-order valence-electron chi connectivity index (χ1n) is 7.61. The number of carbonyl (C=O) groups is 2. The third-order valence-electron chi connectivity index (χ3n) is 3.23. The standard InChI is InChI=1S/C18H19ClN2O4/c1-12-7-8-15(13(2)9-12)24-10-17(22)20-21-18(23)11-25-16-6-4-3-5-14(16)19/h3-9H,10-11H2,1-2H3,(H,20,22)(H,21,23). The molecule has 0 bridgehead atoms. The summed E-state index contributed by atoms with van der Waals surface area (Å²) in [5.41, 5.74) is 6.55. The lowest BCUT2D eigenvalue weighted by atomic mass is 10.1. The zero-order chi connectivity index (χ0) is 18.2. The van der Waals surface area contributed by atoms with E-state index in [0.29, 0.717) is 16.5 Å². The first-order valence-corrected chi connectivity index (χ1v) is 7.98. The number of carbonyl (C=O) groups excluding carboxylic acids is 2. The van der Waals surface area contributed by atoms with Gasteiger partial charge in [0.15, 0.2) is 13.2 Å². The Bertz CT molecular complexity index is 764. The van der Waals surface area contributed by atoms with Gasteiger partial charge in [0.1, 0.15) is 11.5 Å². The van der Waals surface area contributed by atoms with Crippen molar-refractivity contribution in [3.8, 4) is 11.5 Å². The number of para-hydroxylation sites is 1. The summed E-state index contributed by atoms with van der Waals surface area (Å²) < 4.78 is 10.7. The summed E-state index contributed by atoms with van der Waals surface area (Å²) in [5.74, 6) is 0.0174. The predicted octanol–water partition coefficient (Wildman–Crippen LogP) is 2.56. The maximum absolute atomic E-state index is 11.7. The molecular formula is C18H19ClN2O4. The van der Waals surface area contributed by atoms with E-state index in [1.54, 1.807) is 30.3 Å². The fraction of sp³-hybridized carbons (Fsp3) is 0.222. The molecule has 2 aromatic carbocycles. The van der Waals surface area contributed by atoms with E-state index in [9.17, 15) is 9.59 Å². The summed E-state index contributed by atoms with van der Waals surface area (Å²) in [6.07, 6.45) is 0. The van der Waals surface area contributed by atoms with Crippen LogP contribution in [0.1, 0.15) is 11.1 Å². The number of halogens is 1. The van der Waals surface area contributed by atoms with Crippen molar-refractivity contribution in [2.45, 2.75) is 13.8 Å². The third kappa shape index (κ3) is 6.00. The van der Waals surface area contributed by atoms with Crippen LogP contribution >= 0.6 is 11.6 Å². The number of ether oxygens (including phenoxy) is 2. The van der Waals surface area contributed by atoms with Crippen molar-refractivity contribution in [2.24, 2.45) is 0 Å². The summed E-state index contributed by atoms with van der Waals surface area (Å²) in [7, 11) is 0. The maximum atomic E-state index is 11.7. The minimum atomic E-state index is -0.514. The highest BCUT2D eigenvalue weighted by Gasteiger charge is 2.08. The Hall–Kier alpha value is -2.73. The monoisotopic (exact) mass is 362 g/mol. The van der Waals surface area contributed by atoms with Crippen LogP contribution in [-0.2, 0) is 9.59 Å². The first-order chi connectivity index (χ1) is 12.0. The van der Waals surface area contributed by atoms with Crippen molar-refractivity contribution in [3.05, 3.63) is 58.6 Å². The number of benzene rings is 2. The Labute approximate surface area is 151 Å². The van der Waals surface area contributed by atoms with Crippen LogP contribution in [0.25, 0.3) is 0 Å². The largest absolute Gasteiger partial charge is 0.483 e. The summed E-state index contributed by atoms with van der Waals surface area (Å²) in [5, 5.41) is 0.404. The van der Waals surface area contributed by atoms with Gasteiger partial charge in [-0.25, -0.2) is 0 Å². The van der Waals surface area contributed by atoms with Crippen LogP contribution in [0.5, 0.6) is 11.5 Å². The van der Waals surface area contributed by atoms with Crippen LogP contribution in [0.3, 0.4) is 0 Å².